The van der Waals surface area contributed by atoms with E-state index in [1.165, 1.54) is 4.68 Å². The molecule has 1 amide bonds. The maximum atomic E-state index is 13.3. The summed E-state index contributed by atoms with van der Waals surface area (Å²) in [6.07, 6.45) is 2.26. The second-order valence-corrected chi connectivity index (χ2v) is 8.55. The first kappa shape index (κ1) is 23.3. The standard InChI is InChI=1S/C27H23ClN6O2/c1-36-20-11-9-17(10-12-20)13-14-30-27(35)23-24-26(33-22-8-3-2-7-21(22)32-24)34(25(23)29)31-16-18-5-4-6-19(28)15-18/h2-12,15-16H,13-14,29H2,1H3,(H,30,35)/b31-16-. The Morgan fingerprint density at radius 2 is 1.83 bits per heavy atom. The van der Waals surface area contributed by atoms with E-state index in [0.29, 0.717) is 40.2 Å². The summed E-state index contributed by atoms with van der Waals surface area (Å²) >= 11 is 6.10. The molecule has 0 atom stereocenters. The number of nitrogen functional groups attached to an aromatic ring is 1. The highest BCUT2D eigenvalue weighted by molar-refractivity contribution is 6.30. The minimum atomic E-state index is -0.340. The predicted octanol–water partition coefficient (Wildman–Crippen LogP) is 4.68. The van der Waals surface area contributed by atoms with E-state index in [-0.39, 0.29) is 17.3 Å². The highest BCUT2D eigenvalue weighted by Crippen LogP contribution is 2.28. The van der Waals surface area contributed by atoms with Gasteiger partial charge in [-0.3, -0.25) is 4.79 Å². The summed E-state index contributed by atoms with van der Waals surface area (Å²) in [5.41, 5.74) is 10.7. The molecule has 3 N–H and O–H groups in total. The second kappa shape index (κ2) is 10.1. The number of amides is 1. The Kier molecular flexibility index (Phi) is 6.51. The molecule has 5 rings (SSSR count). The number of nitrogens with two attached hydrogens (primary N) is 1. The smallest absolute Gasteiger partial charge is 0.257 e. The number of carbonyl (C=O) groups is 1. The van der Waals surface area contributed by atoms with Crippen LogP contribution in [0.3, 0.4) is 0 Å². The quantitative estimate of drug-likeness (QED) is 0.317. The minimum Gasteiger partial charge on any atom is -0.497 e. The van der Waals surface area contributed by atoms with Gasteiger partial charge < -0.3 is 15.8 Å². The molecule has 0 unspecified atom stereocenters. The molecule has 0 saturated carbocycles. The Balaban J connectivity index is 1.49. The lowest BCUT2D eigenvalue weighted by molar-refractivity contribution is 0.0956. The van der Waals surface area contributed by atoms with E-state index in [9.17, 15) is 4.79 Å². The number of aromatic nitrogens is 3. The lowest BCUT2D eigenvalue weighted by atomic mass is 10.1. The zero-order valence-corrected chi connectivity index (χ0v) is 20.2. The highest BCUT2D eigenvalue weighted by atomic mass is 35.5. The van der Waals surface area contributed by atoms with Crippen LogP contribution in [0.25, 0.3) is 22.2 Å². The minimum absolute atomic E-state index is 0.153. The topological polar surface area (TPSA) is 107 Å². The zero-order valence-electron chi connectivity index (χ0n) is 19.5. The van der Waals surface area contributed by atoms with Crippen molar-refractivity contribution < 1.29 is 9.53 Å². The van der Waals surface area contributed by atoms with Gasteiger partial charge in [-0.1, -0.05) is 48.0 Å². The van der Waals surface area contributed by atoms with Crippen LogP contribution < -0.4 is 15.8 Å². The molecular weight excluding hydrogens is 476 g/mol. The van der Waals surface area contributed by atoms with Crippen molar-refractivity contribution in [3.8, 4) is 5.75 Å². The fraction of sp³-hybridized carbons (Fsp3) is 0.111. The van der Waals surface area contributed by atoms with Crippen molar-refractivity contribution in [3.05, 3.63) is 94.5 Å². The summed E-state index contributed by atoms with van der Waals surface area (Å²) in [6.45, 7) is 0.421. The van der Waals surface area contributed by atoms with Crippen LogP contribution in [-0.4, -0.2) is 40.4 Å². The van der Waals surface area contributed by atoms with Crippen molar-refractivity contribution >= 4 is 51.7 Å². The molecule has 8 nitrogen and oxygen atoms in total. The number of nitrogens with zero attached hydrogens (tertiary/aromatic N) is 4. The summed E-state index contributed by atoms with van der Waals surface area (Å²) in [7, 11) is 1.63. The van der Waals surface area contributed by atoms with Gasteiger partial charge in [0.2, 0.25) is 0 Å². The van der Waals surface area contributed by atoms with Crippen molar-refractivity contribution in [1.29, 1.82) is 0 Å². The third-order valence-electron chi connectivity index (χ3n) is 5.73. The average Bonchev–Trinajstić information content (AvgIpc) is 3.16. The summed E-state index contributed by atoms with van der Waals surface area (Å²) in [4.78, 5) is 22.7. The van der Waals surface area contributed by atoms with Gasteiger partial charge in [0.15, 0.2) is 5.65 Å². The van der Waals surface area contributed by atoms with Crippen LogP contribution in [0.2, 0.25) is 5.02 Å². The third kappa shape index (κ3) is 4.71. The average molecular weight is 499 g/mol. The van der Waals surface area contributed by atoms with Crippen molar-refractivity contribution in [2.45, 2.75) is 6.42 Å². The van der Waals surface area contributed by atoms with Crippen LogP contribution in [0.15, 0.2) is 77.9 Å². The molecule has 36 heavy (non-hydrogen) atoms. The Morgan fingerprint density at radius 1 is 1.08 bits per heavy atom. The van der Waals surface area contributed by atoms with Gasteiger partial charge in [0.05, 0.1) is 24.4 Å². The summed E-state index contributed by atoms with van der Waals surface area (Å²) in [5.74, 6) is 0.598. The van der Waals surface area contributed by atoms with Crippen molar-refractivity contribution in [2.24, 2.45) is 5.10 Å². The zero-order chi connectivity index (χ0) is 25.1. The fourth-order valence-corrected chi connectivity index (χ4v) is 4.10. The van der Waals surface area contributed by atoms with Gasteiger partial charge in [-0.2, -0.15) is 9.78 Å². The lowest BCUT2D eigenvalue weighted by Crippen LogP contribution is -2.26. The van der Waals surface area contributed by atoms with Crippen LogP contribution in [0, 0.1) is 0 Å². The normalized spacial score (nSPS) is 11.4. The number of nitrogens with one attached hydrogen (secondary N) is 1. The monoisotopic (exact) mass is 498 g/mol. The van der Waals surface area contributed by atoms with E-state index in [0.717, 1.165) is 16.9 Å². The van der Waals surface area contributed by atoms with Crippen molar-refractivity contribution in [1.82, 2.24) is 20.0 Å². The number of hydrogen-bond acceptors (Lipinski definition) is 6. The van der Waals surface area contributed by atoms with Gasteiger partial charge in [-0.25, -0.2) is 9.97 Å². The fourth-order valence-electron chi connectivity index (χ4n) is 3.90. The number of carbonyl (C=O) groups excluding carboxylic acids is 1. The van der Waals surface area contributed by atoms with Crippen LogP contribution in [-0.2, 0) is 6.42 Å². The van der Waals surface area contributed by atoms with Crippen molar-refractivity contribution in [3.63, 3.8) is 0 Å². The molecule has 9 heteroatoms. The first-order chi connectivity index (χ1) is 17.5. The number of methoxy groups -OCH3 is 1. The molecular formula is C27H23ClN6O2. The molecule has 0 saturated heterocycles. The molecule has 0 fully saturated rings. The molecule has 180 valence electrons. The first-order valence-corrected chi connectivity index (χ1v) is 11.7. The van der Waals surface area contributed by atoms with Gasteiger partial charge in [0, 0.05) is 11.6 Å². The van der Waals surface area contributed by atoms with Gasteiger partial charge in [0.1, 0.15) is 22.6 Å². The summed E-state index contributed by atoms with van der Waals surface area (Å²) in [5, 5.41) is 8.05. The second-order valence-electron chi connectivity index (χ2n) is 8.11. The van der Waals surface area contributed by atoms with Gasteiger partial charge in [0.25, 0.3) is 5.91 Å². The molecule has 3 aromatic carbocycles. The Morgan fingerprint density at radius 3 is 2.56 bits per heavy atom. The highest BCUT2D eigenvalue weighted by Gasteiger charge is 2.24. The van der Waals surface area contributed by atoms with Crippen LogP contribution in [0.1, 0.15) is 21.5 Å². The molecule has 0 radical (unpaired) electrons. The number of fused-ring (bicyclic) bond motifs is 2. The molecule has 2 aromatic heterocycles. The number of ether oxygens (including phenoxy) is 1. The molecule has 0 spiro atoms. The Bertz CT molecular complexity index is 1590. The largest absolute Gasteiger partial charge is 0.497 e. The lowest BCUT2D eigenvalue weighted by Gasteiger charge is -2.06. The van der Waals surface area contributed by atoms with Gasteiger partial charge in [-0.15, -0.1) is 0 Å². The van der Waals surface area contributed by atoms with E-state index in [2.05, 4.69) is 10.4 Å². The van der Waals surface area contributed by atoms with Gasteiger partial charge >= 0.3 is 0 Å². The third-order valence-corrected chi connectivity index (χ3v) is 5.97. The number of halogens is 1. The molecule has 2 heterocycles. The SMILES string of the molecule is COc1ccc(CCNC(=O)c2c(N)n(/N=C\c3cccc(Cl)c3)c3nc4ccccc4nc23)cc1. The molecule has 5 aromatic rings. The van der Waals surface area contributed by atoms with E-state index in [1.54, 1.807) is 25.5 Å². The number of rotatable bonds is 7. The number of benzene rings is 3. The van der Waals surface area contributed by atoms with Crippen molar-refractivity contribution in [2.75, 3.05) is 19.4 Å². The molecule has 0 bridgehead atoms. The maximum Gasteiger partial charge on any atom is 0.257 e. The molecule has 0 aliphatic heterocycles. The van der Waals surface area contributed by atoms with Crippen LogP contribution >= 0.6 is 11.6 Å². The number of anilines is 1. The predicted molar refractivity (Wildman–Crippen MR) is 143 cm³/mol. The van der Waals surface area contributed by atoms with Crippen LogP contribution in [0.5, 0.6) is 5.75 Å². The van der Waals surface area contributed by atoms with E-state index in [4.69, 9.17) is 32.0 Å². The molecule has 0 aliphatic rings. The summed E-state index contributed by atoms with van der Waals surface area (Å²) in [6, 6.07) is 22.4. The first-order valence-electron chi connectivity index (χ1n) is 11.3. The number of hydrogen-bond donors (Lipinski definition) is 2. The van der Waals surface area contributed by atoms with E-state index >= 15 is 0 Å². The van der Waals surface area contributed by atoms with Crippen LogP contribution in [0.4, 0.5) is 5.82 Å². The number of para-hydroxylation sites is 2. The Labute approximate surface area is 212 Å². The van der Waals surface area contributed by atoms with Gasteiger partial charge in [-0.05, 0) is 53.9 Å². The summed E-state index contributed by atoms with van der Waals surface area (Å²) < 4.78 is 6.63. The van der Waals surface area contributed by atoms with E-state index in [1.807, 2.05) is 60.7 Å². The van der Waals surface area contributed by atoms with E-state index < -0.39 is 0 Å². The Hall–Kier alpha value is -4.43. The molecule has 0 aliphatic carbocycles. The maximum absolute atomic E-state index is 13.3.